The van der Waals surface area contributed by atoms with Crippen molar-refractivity contribution in [3.8, 4) is 23.0 Å². The molecule has 0 fully saturated rings. The fraction of sp³-hybridized carbons (Fsp3) is 0.167. The van der Waals surface area contributed by atoms with E-state index in [1.54, 1.807) is 13.3 Å². The summed E-state index contributed by atoms with van der Waals surface area (Å²) >= 11 is 3.55. The van der Waals surface area contributed by atoms with Gasteiger partial charge in [0.15, 0.2) is 11.5 Å². The Balaban J connectivity index is 1.30. The SMILES string of the molecule is CCOc1c(Br)cc(C=Nc2ccc(COc3ccc(OCc4ccccc4)cc3)cc2)cc1OC. The molecule has 0 aliphatic rings. The standard InChI is InChI=1S/C30H28BrNO4/c1-3-34-30-28(31)17-24(18-29(30)33-2)19-32-25-11-9-23(10-12-25)21-36-27-15-13-26(14-16-27)35-20-22-7-5-4-6-8-22/h4-19H,3,20-21H2,1-2H3. The van der Waals surface area contributed by atoms with Gasteiger partial charge in [0.2, 0.25) is 0 Å². The van der Waals surface area contributed by atoms with Gasteiger partial charge in [0.1, 0.15) is 24.7 Å². The van der Waals surface area contributed by atoms with Crippen LogP contribution < -0.4 is 18.9 Å². The average Bonchev–Trinajstić information content (AvgIpc) is 2.92. The molecule has 0 heterocycles. The van der Waals surface area contributed by atoms with Gasteiger partial charge in [0.25, 0.3) is 0 Å². The molecule has 0 radical (unpaired) electrons. The van der Waals surface area contributed by atoms with Crippen molar-refractivity contribution in [3.63, 3.8) is 0 Å². The molecule has 0 atom stereocenters. The molecule has 0 amide bonds. The summed E-state index contributed by atoms with van der Waals surface area (Å²) in [5.41, 5.74) is 3.95. The summed E-state index contributed by atoms with van der Waals surface area (Å²) in [6.07, 6.45) is 1.80. The van der Waals surface area contributed by atoms with E-state index in [0.29, 0.717) is 31.3 Å². The third kappa shape index (κ3) is 7.12. The van der Waals surface area contributed by atoms with Gasteiger partial charge in [-0.05, 0) is 88.1 Å². The van der Waals surface area contributed by atoms with Crippen LogP contribution in [0.3, 0.4) is 0 Å². The van der Waals surface area contributed by atoms with Gasteiger partial charge in [0, 0.05) is 6.21 Å². The molecule has 0 aromatic heterocycles. The van der Waals surface area contributed by atoms with Crippen LogP contribution in [0.25, 0.3) is 0 Å². The zero-order chi connectivity index (χ0) is 25.2. The topological polar surface area (TPSA) is 49.3 Å². The smallest absolute Gasteiger partial charge is 0.175 e. The molecule has 6 heteroatoms. The summed E-state index contributed by atoms with van der Waals surface area (Å²) < 4.78 is 23.7. The molecular weight excluding hydrogens is 518 g/mol. The Bertz CT molecular complexity index is 1270. The molecule has 0 unspecified atom stereocenters. The summed E-state index contributed by atoms with van der Waals surface area (Å²) in [5.74, 6) is 2.96. The lowest BCUT2D eigenvalue weighted by atomic mass is 10.2. The van der Waals surface area contributed by atoms with Crippen molar-refractivity contribution in [3.05, 3.63) is 112 Å². The van der Waals surface area contributed by atoms with Crippen LogP contribution in [0.1, 0.15) is 23.6 Å². The minimum Gasteiger partial charge on any atom is -0.493 e. The minimum atomic E-state index is 0.469. The molecule has 0 bridgehead atoms. The van der Waals surface area contributed by atoms with Gasteiger partial charge in [-0.25, -0.2) is 0 Å². The van der Waals surface area contributed by atoms with E-state index in [2.05, 4.69) is 20.9 Å². The monoisotopic (exact) mass is 545 g/mol. The Morgan fingerprint density at radius 1 is 0.750 bits per heavy atom. The normalized spacial score (nSPS) is 10.9. The second kappa shape index (κ2) is 12.8. The highest BCUT2D eigenvalue weighted by Gasteiger charge is 2.10. The second-order valence-electron chi connectivity index (χ2n) is 7.93. The number of hydrogen-bond acceptors (Lipinski definition) is 5. The summed E-state index contributed by atoms with van der Waals surface area (Å²) in [6, 6.07) is 29.6. The number of aliphatic imine (C=N–C) groups is 1. The van der Waals surface area contributed by atoms with Crippen LogP contribution in [0.5, 0.6) is 23.0 Å². The molecule has 184 valence electrons. The minimum absolute atomic E-state index is 0.469. The molecule has 0 aliphatic heterocycles. The lowest BCUT2D eigenvalue weighted by Crippen LogP contribution is -1.97. The number of methoxy groups -OCH3 is 1. The van der Waals surface area contributed by atoms with Crippen molar-refractivity contribution in [1.82, 2.24) is 0 Å². The highest BCUT2D eigenvalue weighted by Crippen LogP contribution is 2.36. The van der Waals surface area contributed by atoms with E-state index in [9.17, 15) is 0 Å². The molecule has 4 rings (SSSR count). The maximum absolute atomic E-state index is 5.92. The van der Waals surface area contributed by atoms with Gasteiger partial charge in [0.05, 0.1) is 23.9 Å². The highest BCUT2D eigenvalue weighted by molar-refractivity contribution is 9.10. The van der Waals surface area contributed by atoms with E-state index >= 15 is 0 Å². The summed E-state index contributed by atoms with van der Waals surface area (Å²) in [5, 5.41) is 0. The molecule has 0 saturated heterocycles. The third-order valence-electron chi connectivity index (χ3n) is 5.32. The van der Waals surface area contributed by atoms with Crippen molar-refractivity contribution in [2.75, 3.05) is 13.7 Å². The predicted molar refractivity (Wildman–Crippen MR) is 147 cm³/mol. The first kappa shape index (κ1) is 25.3. The van der Waals surface area contributed by atoms with Crippen molar-refractivity contribution >= 4 is 27.8 Å². The number of rotatable bonds is 11. The third-order valence-corrected chi connectivity index (χ3v) is 5.91. The Morgan fingerprint density at radius 2 is 1.36 bits per heavy atom. The average molecular weight is 546 g/mol. The first-order valence-corrected chi connectivity index (χ1v) is 12.5. The van der Waals surface area contributed by atoms with E-state index < -0.39 is 0 Å². The Labute approximate surface area is 220 Å². The largest absolute Gasteiger partial charge is 0.493 e. The van der Waals surface area contributed by atoms with Crippen LogP contribution in [0.15, 0.2) is 100 Å². The maximum atomic E-state index is 5.92. The first-order valence-electron chi connectivity index (χ1n) is 11.7. The Kier molecular flexibility index (Phi) is 9.00. The first-order chi connectivity index (χ1) is 17.6. The van der Waals surface area contributed by atoms with Crippen molar-refractivity contribution in [1.29, 1.82) is 0 Å². The molecule has 0 saturated carbocycles. The fourth-order valence-electron chi connectivity index (χ4n) is 3.47. The molecule has 4 aromatic carbocycles. The van der Waals surface area contributed by atoms with Crippen LogP contribution in [-0.4, -0.2) is 19.9 Å². The van der Waals surface area contributed by atoms with Crippen molar-refractivity contribution in [2.24, 2.45) is 4.99 Å². The summed E-state index contributed by atoms with van der Waals surface area (Å²) in [6.45, 7) is 3.51. The van der Waals surface area contributed by atoms with Gasteiger partial charge < -0.3 is 18.9 Å². The lowest BCUT2D eigenvalue weighted by molar-refractivity contribution is 0.297. The van der Waals surface area contributed by atoms with Crippen LogP contribution in [0.2, 0.25) is 0 Å². The van der Waals surface area contributed by atoms with Crippen LogP contribution >= 0.6 is 15.9 Å². The predicted octanol–water partition coefficient (Wildman–Crippen LogP) is 7.77. The molecule has 0 spiro atoms. The van der Waals surface area contributed by atoms with Crippen molar-refractivity contribution < 1.29 is 18.9 Å². The zero-order valence-electron chi connectivity index (χ0n) is 20.3. The molecule has 5 nitrogen and oxygen atoms in total. The lowest BCUT2D eigenvalue weighted by Gasteiger charge is -2.12. The molecule has 0 N–H and O–H groups in total. The van der Waals surface area contributed by atoms with Gasteiger partial charge in [-0.3, -0.25) is 4.99 Å². The van der Waals surface area contributed by atoms with Crippen molar-refractivity contribution in [2.45, 2.75) is 20.1 Å². The van der Waals surface area contributed by atoms with Crippen LogP contribution in [-0.2, 0) is 13.2 Å². The number of nitrogens with zero attached hydrogens (tertiary/aromatic N) is 1. The number of halogens is 1. The summed E-state index contributed by atoms with van der Waals surface area (Å²) in [4.78, 5) is 4.58. The van der Waals surface area contributed by atoms with Gasteiger partial charge >= 0.3 is 0 Å². The number of benzene rings is 4. The Morgan fingerprint density at radius 3 is 1.94 bits per heavy atom. The summed E-state index contributed by atoms with van der Waals surface area (Å²) in [7, 11) is 1.63. The highest BCUT2D eigenvalue weighted by atomic mass is 79.9. The molecular formula is C30H28BrNO4. The van der Waals surface area contributed by atoms with Crippen LogP contribution in [0, 0.1) is 0 Å². The molecule has 36 heavy (non-hydrogen) atoms. The van der Waals surface area contributed by atoms with Gasteiger partial charge in [-0.2, -0.15) is 0 Å². The fourth-order valence-corrected chi connectivity index (χ4v) is 4.04. The number of hydrogen-bond donors (Lipinski definition) is 0. The number of ether oxygens (including phenoxy) is 4. The maximum Gasteiger partial charge on any atom is 0.175 e. The Hall–Kier alpha value is -3.77. The van der Waals surface area contributed by atoms with Gasteiger partial charge in [-0.15, -0.1) is 0 Å². The quantitative estimate of drug-likeness (QED) is 0.181. The van der Waals surface area contributed by atoms with Crippen LogP contribution in [0.4, 0.5) is 5.69 Å². The molecule has 4 aromatic rings. The van der Waals surface area contributed by atoms with E-state index in [1.807, 2.05) is 97.9 Å². The van der Waals surface area contributed by atoms with Gasteiger partial charge in [-0.1, -0.05) is 42.5 Å². The van der Waals surface area contributed by atoms with E-state index in [4.69, 9.17) is 18.9 Å². The molecule has 0 aliphatic carbocycles. The second-order valence-corrected chi connectivity index (χ2v) is 8.78. The zero-order valence-corrected chi connectivity index (χ0v) is 21.9. The van der Waals surface area contributed by atoms with E-state index in [-0.39, 0.29) is 0 Å². The van der Waals surface area contributed by atoms with E-state index in [0.717, 1.165) is 38.3 Å². The van der Waals surface area contributed by atoms with E-state index in [1.165, 1.54) is 0 Å².